The summed E-state index contributed by atoms with van der Waals surface area (Å²) in [5.41, 5.74) is 22.9. The fourth-order valence-electron chi connectivity index (χ4n) is 4.18. The van der Waals surface area contributed by atoms with Gasteiger partial charge in [0.05, 0.1) is 214 Å². The van der Waals surface area contributed by atoms with Crippen molar-refractivity contribution < 1.29 is 441 Å². The van der Waals surface area contributed by atoms with Gasteiger partial charge in [-0.05, 0) is 92.2 Å². The molecule has 0 saturated carbocycles. The van der Waals surface area contributed by atoms with Gasteiger partial charge in [0.25, 0.3) is 0 Å². The SMILES string of the molecule is C#CC.C#CC.C#CC.C#CC.CC.CC(=O)NCCOCCO.CCNCCOCCO.CCNCCOCCO.CCNCCOCCO.CN.CN=[N+]=[N-].Cc1cn(C)nn1.NCCOCCO.NCCOCCO.[CH2-]C(=O)NC.[CH2-]C(=O)NC.[CH2-]C(=O)NCCOCCO.[CH2-]C(=O)NCCOCCO.[CH2-]C(=O)NCCOCCO.[CH2-]C(=O)O.[CH2-]C(=O)O.[CH2-]C(C)=O.[CH2-]C(C)=O.[Y].[Y].[Y].[Y].[Y].[Y].[Y].[Y].[Y]. The minimum absolute atomic E-state index is 0. The van der Waals surface area contributed by atoms with E-state index in [1.54, 1.807) is 32.4 Å². The number of ether oxygens (including phenoxy) is 9. The molecule has 143 heavy (non-hydrogen) atoms. The summed E-state index contributed by atoms with van der Waals surface area (Å²) in [6.45, 7) is 66.7. The third-order valence-corrected chi connectivity index (χ3v) is 8.35. The Balaban J connectivity index is -0.0000000319. The second kappa shape index (κ2) is 271. The molecule has 0 aromatic carbocycles. The number of amides is 6. The molecule has 1 aromatic rings. The van der Waals surface area contributed by atoms with Gasteiger partial charge in [0.2, 0.25) is 5.91 Å². The van der Waals surface area contributed by atoms with Crippen molar-refractivity contribution in [2.45, 2.75) is 90.0 Å². The van der Waals surface area contributed by atoms with E-state index in [1.807, 2.05) is 54.8 Å². The number of nitrogens with two attached hydrogens (primary N) is 3. The van der Waals surface area contributed by atoms with Crippen molar-refractivity contribution in [1.82, 2.24) is 62.8 Å². The third kappa shape index (κ3) is 604. The molecule has 48 nitrogen and oxygen atoms in total. The van der Waals surface area contributed by atoms with Gasteiger partial charge < -0.3 is 246 Å². The normalized spacial score (nSPS) is 7.45. The second-order valence-electron chi connectivity index (χ2n) is 20.7. The van der Waals surface area contributed by atoms with Crippen LogP contribution >= 0.6 is 0 Å². The Hall–Kier alpha value is -0.405. The number of rotatable bonds is 46. The quantitative estimate of drug-likeness (QED) is 0.00757. The van der Waals surface area contributed by atoms with Crippen LogP contribution in [-0.4, -0.2) is 415 Å². The number of azide groups is 1. The number of nitrogens with one attached hydrogen (secondary N) is 9. The molecule has 57 heteroatoms. The monoisotopic (exact) mass is 2750 g/mol. The number of carboxylic acid groups (broad SMARTS) is 2. The predicted octanol–water partition coefficient (Wildman–Crippen LogP) is -3.36. The Kier molecular flexibility index (Phi) is 435. The number of carboxylic acids is 2. The fourth-order valence-corrected chi connectivity index (χ4v) is 4.18. The zero-order valence-electron chi connectivity index (χ0n) is 89.1. The van der Waals surface area contributed by atoms with Crippen LogP contribution in [0.4, 0.5) is 0 Å². The minimum Gasteiger partial charge on any atom is -0.503 e. The second-order valence-corrected chi connectivity index (χ2v) is 20.7. The molecule has 0 unspecified atom stereocenters. The van der Waals surface area contributed by atoms with Crippen molar-refractivity contribution in [2.24, 2.45) is 29.4 Å². The molecular weight excluding hydrogens is 2570 g/mol. The van der Waals surface area contributed by atoms with E-state index in [2.05, 4.69) is 186 Å². The molecule has 1 rings (SSSR count). The zero-order valence-corrected chi connectivity index (χ0v) is 115. The number of aliphatic hydroxyl groups excluding tert-OH is 9. The van der Waals surface area contributed by atoms with Crippen LogP contribution in [-0.2, 0) is 392 Å². The fraction of sp³-hybridized carbons (Fsp3) is 0.663. The predicted molar refractivity (Wildman–Crippen MR) is 526 cm³/mol. The summed E-state index contributed by atoms with van der Waals surface area (Å²) in [6, 6.07) is 0. The molecule has 26 N–H and O–H groups in total. The Bertz CT molecular complexity index is 2300. The Morgan fingerprint density at radius 2 is 0.538 bits per heavy atom. The molecule has 0 aliphatic rings. The van der Waals surface area contributed by atoms with Gasteiger partial charge in [0.1, 0.15) is 0 Å². The number of aliphatic carboxylic acids is 2. The molecule has 6 amide bonds. The summed E-state index contributed by atoms with van der Waals surface area (Å²) in [4.78, 5) is 98.7. The van der Waals surface area contributed by atoms with Gasteiger partial charge in [0, 0.05) is 400 Å². The van der Waals surface area contributed by atoms with Crippen LogP contribution in [0.3, 0.4) is 0 Å². The summed E-state index contributed by atoms with van der Waals surface area (Å²) in [5.74, 6) is 5.18. The molecule has 9 radical (unpaired) electrons. The van der Waals surface area contributed by atoms with Crippen molar-refractivity contribution in [3.63, 3.8) is 0 Å². The number of aromatic nitrogens is 3. The number of likely N-dealkylation sites (N-methyl/N-ethyl adjacent to an activating group) is 3. The molecule has 0 bridgehead atoms. The van der Waals surface area contributed by atoms with Crippen LogP contribution in [0.25, 0.3) is 10.4 Å². The van der Waals surface area contributed by atoms with E-state index < -0.39 is 11.9 Å². The molecular formula is C86H181N18O30Y9-9. The van der Waals surface area contributed by atoms with Gasteiger partial charge >= 0.3 is 0 Å². The number of ketones is 2. The summed E-state index contributed by atoms with van der Waals surface area (Å²) in [7, 11) is 7.81. The Morgan fingerprint density at radius 3 is 0.629 bits per heavy atom. The summed E-state index contributed by atoms with van der Waals surface area (Å²) in [5, 5.41) is 123. The first-order valence-corrected chi connectivity index (χ1v) is 40.9. The number of aryl methyl sites for hydroxylation is 2. The number of terminal acetylenes is 4. The first-order valence-electron chi connectivity index (χ1n) is 40.9. The molecule has 0 saturated heterocycles. The van der Waals surface area contributed by atoms with E-state index in [4.69, 9.17) is 125 Å². The third-order valence-electron chi connectivity index (χ3n) is 8.35. The maximum absolute atomic E-state index is 10.3. The molecule has 831 valence electrons. The van der Waals surface area contributed by atoms with Gasteiger partial charge in [-0.2, -0.15) is 0 Å². The maximum Gasteiger partial charge on any atom is 0.216 e. The molecule has 1 aromatic heterocycles. The number of aliphatic hydroxyl groups is 9. The van der Waals surface area contributed by atoms with Crippen molar-refractivity contribution in [1.29, 1.82) is 0 Å². The van der Waals surface area contributed by atoms with Crippen molar-refractivity contribution in [3.8, 4) is 49.4 Å². The van der Waals surface area contributed by atoms with E-state index in [-0.39, 0.29) is 401 Å². The number of nitrogens with zero attached hydrogens (tertiary/aromatic N) is 6. The number of hydrogen-bond acceptors (Lipinski definition) is 37. The summed E-state index contributed by atoms with van der Waals surface area (Å²) < 4.78 is 45.5. The largest absolute Gasteiger partial charge is 0.503 e. The first-order chi connectivity index (χ1) is 63.5. The topological polar surface area (TPSA) is 742 Å². The van der Waals surface area contributed by atoms with Crippen LogP contribution in [0.5, 0.6) is 0 Å². The Labute approximate surface area is 1090 Å². The van der Waals surface area contributed by atoms with E-state index in [1.165, 1.54) is 49.0 Å². The molecule has 0 aliphatic carbocycles. The van der Waals surface area contributed by atoms with Gasteiger partial charge in [0.15, 0.2) is 11.9 Å². The van der Waals surface area contributed by atoms with E-state index in [0.29, 0.717) is 158 Å². The average Bonchev–Trinajstić information content (AvgIpc) is 1.84. The smallest absolute Gasteiger partial charge is 0.216 e. The average molecular weight is 2750 g/mol. The first kappa shape index (κ1) is 230. The standard InChI is InChI=1S/C6H13NO3.3C6H12NO3.3C6H15NO2.C4H7N3.2C4H11NO2.2C3H6NO.2C3H5O.4C3H4.2C2H3O2.C2H6.CH3N3.CH5N.9Y/c4*1-6(9)7-2-4-10-5-3-8;3*1-2-7-3-5-9-6-4-8;1-4-3-7(2)6-5-4;2*5-1-3-7-4-2-6;2*1-3(5)4-2;2*1-3(2)4;4*1-3-2;2*1-2(3)4;1-2;1-3-4-2;1-2;;;;;;;;;/h8H,2-5H2,1H3,(H,7,9);3*8H,1-5H2,(H,7,9);3*7-8H,2-6H2,1H3;3H,1-2H3;2*6H,1-5H2;2*1H2,2H3,(H,4,5);2*1H2,2H3;4*1H,2H3;2*1H2,(H,3,4);1-2H3;1H3;2H2,1H3;;;;;;;;;/q;3*-1;;;;;;;4*-1;;;;;2*-1;;;;;;;;;;;;. The van der Waals surface area contributed by atoms with Crippen LogP contribution in [0.2, 0.25) is 0 Å². The maximum atomic E-state index is 10.3. The summed E-state index contributed by atoms with van der Waals surface area (Å²) in [6.07, 6.45) is 20.2. The van der Waals surface area contributed by atoms with Gasteiger partial charge in [-0.15, -0.1) is 54.5 Å². The number of carbonyl (C=O) groups excluding carboxylic acids is 8. The van der Waals surface area contributed by atoms with Crippen molar-refractivity contribution in [3.05, 3.63) is 84.6 Å². The molecule has 1 heterocycles. The zero-order chi connectivity index (χ0) is 110. The van der Waals surface area contributed by atoms with E-state index >= 15 is 0 Å². The van der Waals surface area contributed by atoms with Gasteiger partial charge in [-0.3, -0.25) is 32.9 Å². The Morgan fingerprint density at radius 1 is 0.392 bits per heavy atom. The van der Waals surface area contributed by atoms with Crippen LogP contribution in [0.15, 0.2) is 11.3 Å². The molecule has 0 spiro atoms. The van der Waals surface area contributed by atoms with E-state index in [9.17, 15) is 38.4 Å². The molecule has 0 atom stereocenters. The number of Topliss-reactive ketones (excluding diaryl/α,β-unsaturated/α-hetero) is 2. The van der Waals surface area contributed by atoms with Crippen molar-refractivity contribution in [2.75, 3.05) is 285 Å². The van der Waals surface area contributed by atoms with Crippen molar-refractivity contribution >= 4 is 58.9 Å². The summed E-state index contributed by atoms with van der Waals surface area (Å²) >= 11 is 0. The number of hydrogen-bond donors (Lipinski definition) is 23. The van der Waals surface area contributed by atoms with Crippen LogP contribution in [0.1, 0.15) is 88.8 Å². The minimum atomic E-state index is -1.08. The molecule has 0 fully saturated rings. The van der Waals surface area contributed by atoms with Crippen LogP contribution in [0, 0.1) is 119 Å². The van der Waals surface area contributed by atoms with Gasteiger partial charge in [-0.1, -0.05) is 44.9 Å². The van der Waals surface area contributed by atoms with Crippen LogP contribution < -0.4 is 65.1 Å². The number of carbonyl (C=O) groups is 10. The van der Waals surface area contributed by atoms with E-state index in [0.717, 1.165) is 45.0 Å². The van der Waals surface area contributed by atoms with Gasteiger partial charge in [-0.25, -0.2) is 0 Å². The molecule has 0 aliphatic heterocycles.